The lowest BCUT2D eigenvalue weighted by atomic mass is 9.92. The molecule has 0 fully saturated rings. The number of rotatable bonds is 8. The highest BCUT2D eigenvalue weighted by Crippen LogP contribution is 2.36. The summed E-state index contributed by atoms with van der Waals surface area (Å²) in [6, 6.07) is 4.82. The van der Waals surface area contributed by atoms with Crippen LogP contribution in [-0.4, -0.2) is 0 Å². The molecule has 2 aromatic rings. The summed E-state index contributed by atoms with van der Waals surface area (Å²) in [5.74, 6) is 6.57. The van der Waals surface area contributed by atoms with Gasteiger partial charge in [0.15, 0.2) is 0 Å². The number of thiophene rings is 2. The first-order chi connectivity index (χ1) is 9.28. The fourth-order valence-electron chi connectivity index (χ4n) is 2.54. The van der Waals surface area contributed by atoms with Crippen LogP contribution in [0.3, 0.4) is 0 Å². The maximum absolute atomic E-state index is 5.79. The maximum Gasteiger partial charge on any atom is 0.0556 e. The van der Waals surface area contributed by atoms with E-state index in [0.717, 1.165) is 12.3 Å². The molecule has 0 aliphatic heterocycles. The molecule has 2 nitrogen and oxygen atoms in total. The van der Waals surface area contributed by atoms with Gasteiger partial charge in [0.25, 0.3) is 0 Å². The molecule has 0 bridgehead atoms. The van der Waals surface area contributed by atoms with E-state index in [4.69, 9.17) is 5.84 Å². The topological polar surface area (TPSA) is 38.0 Å². The van der Waals surface area contributed by atoms with E-state index in [9.17, 15) is 0 Å². The summed E-state index contributed by atoms with van der Waals surface area (Å²) in [5.41, 5.74) is 3.03. The van der Waals surface area contributed by atoms with Crippen molar-refractivity contribution in [1.29, 1.82) is 0 Å². The van der Waals surface area contributed by atoms with Crippen molar-refractivity contribution >= 4 is 32.1 Å². The molecule has 19 heavy (non-hydrogen) atoms. The minimum absolute atomic E-state index is 0.311. The van der Waals surface area contributed by atoms with E-state index in [1.807, 2.05) is 22.7 Å². The molecule has 2 rings (SSSR count). The molecule has 0 aliphatic carbocycles. The number of fused-ring (bicyclic) bond motifs is 1. The van der Waals surface area contributed by atoms with Gasteiger partial charge in [-0.05, 0) is 29.9 Å². The van der Waals surface area contributed by atoms with Gasteiger partial charge in [-0.25, -0.2) is 0 Å². The molecule has 2 atom stereocenters. The first-order valence-electron chi connectivity index (χ1n) is 7.21. The Hall–Kier alpha value is -0.420. The van der Waals surface area contributed by atoms with E-state index in [0.29, 0.717) is 6.04 Å². The molecule has 0 radical (unpaired) electrons. The molecule has 2 unspecified atom stereocenters. The van der Waals surface area contributed by atoms with Gasteiger partial charge in [-0.2, -0.15) is 0 Å². The van der Waals surface area contributed by atoms with Crippen LogP contribution >= 0.6 is 22.7 Å². The standard InChI is InChI=1S/C15H24N2S2/c1-3-5-6-11(4-2)9-12(17-16)14-10-15-13(19-14)7-8-18-15/h7-8,10-12,17H,3-6,9,16H2,1-2H3. The van der Waals surface area contributed by atoms with E-state index in [-0.39, 0.29) is 0 Å². The Labute approximate surface area is 124 Å². The van der Waals surface area contributed by atoms with Crippen molar-refractivity contribution in [3.8, 4) is 0 Å². The zero-order chi connectivity index (χ0) is 13.7. The van der Waals surface area contributed by atoms with Gasteiger partial charge < -0.3 is 0 Å². The summed E-state index contributed by atoms with van der Waals surface area (Å²) in [5, 5.41) is 2.16. The molecular formula is C15H24N2S2. The Bertz CT molecular complexity index is 461. The summed E-state index contributed by atoms with van der Waals surface area (Å²) in [6.07, 6.45) is 6.34. The molecule has 0 saturated heterocycles. The zero-order valence-electron chi connectivity index (χ0n) is 11.8. The van der Waals surface area contributed by atoms with Crippen LogP contribution in [0.2, 0.25) is 0 Å². The number of hydrazine groups is 1. The second-order valence-corrected chi connectivity index (χ2v) is 7.23. The Kier molecular flexibility index (Phi) is 5.82. The summed E-state index contributed by atoms with van der Waals surface area (Å²) < 4.78 is 2.78. The quantitative estimate of drug-likeness (QED) is 0.527. The van der Waals surface area contributed by atoms with Gasteiger partial charge in [0.2, 0.25) is 0 Å². The SMILES string of the molecule is CCCCC(CC)CC(NN)c1cc2sccc2s1. The lowest BCUT2D eigenvalue weighted by Crippen LogP contribution is -2.29. The highest BCUT2D eigenvalue weighted by Gasteiger charge is 2.18. The number of unbranched alkanes of at least 4 members (excludes halogenated alkanes) is 1. The highest BCUT2D eigenvalue weighted by atomic mass is 32.1. The third-order valence-electron chi connectivity index (χ3n) is 3.82. The van der Waals surface area contributed by atoms with E-state index >= 15 is 0 Å². The molecule has 0 amide bonds. The lowest BCUT2D eigenvalue weighted by Gasteiger charge is -2.21. The third-order valence-corrected chi connectivity index (χ3v) is 6.02. The van der Waals surface area contributed by atoms with E-state index in [2.05, 4.69) is 36.8 Å². The Morgan fingerprint density at radius 2 is 2.16 bits per heavy atom. The number of nitrogens with two attached hydrogens (primary N) is 1. The first-order valence-corrected chi connectivity index (χ1v) is 8.91. The van der Waals surface area contributed by atoms with Crippen molar-refractivity contribution in [2.45, 2.75) is 52.0 Å². The summed E-state index contributed by atoms with van der Waals surface area (Å²) >= 11 is 3.70. The minimum Gasteiger partial charge on any atom is -0.271 e. The number of hydrogen-bond donors (Lipinski definition) is 2. The second-order valence-electron chi connectivity index (χ2n) is 5.17. The first kappa shape index (κ1) is 15.0. The predicted octanol–water partition coefficient (Wildman–Crippen LogP) is 5.07. The van der Waals surface area contributed by atoms with Crippen LogP contribution in [0.25, 0.3) is 9.40 Å². The summed E-state index contributed by atoms with van der Waals surface area (Å²) in [7, 11) is 0. The van der Waals surface area contributed by atoms with Gasteiger partial charge in [-0.15, -0.1) is 22.7 Å². The van der Waals surface area contributed by atoms with Crippen molar-refractivity contribution in [2.75, 3.05) is 0 Å². The van der Waals surface area contributed by atoms with Gasteiger partial charge >= 0.3 is 0 Å². The van der Waals surface area contributed by atoms with Gasteiger partial charge in [0, 0.05) is 14.3 Å². The molecular weight excluding hydrogens is 272 g/mol. The fraction of sp³-hybridized carbons (Fsp3) is 0.600. The van der Waals surface area contributed by atoms with Crippen molar-refractivity contribution in [2.24, 2.45) is 11.8 Å². The van der Waals surface area contributed by atoms with Crippen molar-refractivity contribution in [3.05, 3.63) is 22.4 Å². The van der Waals surface area contributed by atoms with Gasteiger partial charge in [0.05, 0.1) is 6.04 Å². The van der Waals surface area contributed by atoms with Gasteiger partial charge in [-0.1, -0.05) is 39.5 Å². The molecule has 4 heteroatoms. The molecule has 0 spiro atoms. The average molecular weight is 297 g/mol. The smallest absolute Gasteiger partial charge is 0.0556 e. The summed E-state index contributed by atoms with van der Waals surface area (Å²) in [4.78, 5) is 1.39. The molecule has 0 aliphatic rings. The van der Waals surface area contributed by atoms with Crippen LogP contribution in [0.15, 0.2) is 17.5 Å². The van der Waals surface area contributed by atoms with Crippen molar-refractivity contribution in [1.82, 2.24) is 5.43 Å². The molecule has 3 N–H and O–H groups in total. The lowest BCUT2D eigenvalue weighted by molar-refractivity contribution is 0.359. The molecule has 2 heterocycles. The van der Waals surface area contributed by atoms with E-state index in [1.54, 1.807) is 0 Å². The Morgan fingerprint density at radius 1 is 1.32 bits per heavy atom. The monoisotopic (exact) mass is 296 g/mol. The molecule has 0 aromatic carbocycles. The number of nitrogens with one attached hydrogen (secondary N) is 1. The fourth-order valence-corrected chi connectivity index (χ4v) is 4.73. The van der Waals surface area contributed by atoms with Crippen LogP contribution in [0.1, 0.15) is 56.9 Å². The van der Waals surface area contributed by atoms with Crippen LogP contribution in [0.4, 0.5) is 0 Å². The van der Waals surface area contributed by atoms with Crippen LogP contribution in [0.5, 0.6) is 0 Å². The summed E-state index contributed by atoms with van der Waals surface area (Å²) in [6.45, 7) is 4.56. The predicted molar refractivity (Wildman–Crippen MR) is 87.7 cm³/mol. The van der Waals surface area contributed by atoms with Crippen LogP contribution in [-0.2, 0) is 0 Å². The van der Waals surface area contributed by atoms with Crippen molar-refractivity contribution < 1.29 is 0 Å². The van der Waals surface area contributed by atoms with Crippen molar-refractivity contribution in [3.63, 3.8) is 0 Å². The molecule has 106 valence electrons. The minimum atomic E-state index is 0.311. The maximum atomic E-state index is 5.79. The number of hydrogen-bond acceptors (Lipinski definition) is 4. The Morgan fingerprint density at radius 3 is 2.79 bits per heavy atom. The van der Waals surface area contributed by atoms with E-state index < -0.39 is 0 Å². The van der Waals surface area contributed by atoms with Crippen LogP contribution < -0.4 is 11.3 Å². The average Bonchev–Trinajstić information content (AvgIpc) is 3.00. The van der Waals surface area contributed by atoms with E-state index in [1.165, 1.54) is 40.0 Å². The Balaban J connectivity index is 2.04. The zero-order valence-corrected chi connectivity index (χ0v) is 13.4. The largest absolute Gasteiger partial charge is 0.271 e. The normalized spacial score (nSPS) is 14.9. The van der Waals surface area contributed by atoms with Gasteiger partial charge in [0.1, 0.15) is 0 Å². The third kappa shape index (κ3) is 3.78. The highest BCUT2D eigenvalue weighted by molar-refractivity contribution is 7.26. The van der Waals surface area contributed by atoms with Crippen LogP contribution in [0, 0.1) is 5.92 Å². The molecule has 2 aromatic heterocycles. The molecule has 0 saturated carbocycles. The second kappa shape index (κ2) is 7.39. The van der Waals surface area contributed by atoms with Gasteiger partial charge in [-0.3, -0.25) is 11.3 Å².